The van der Waals surface area contributed by atoms with E-state index in [1.165, 1.54) is 37.3 Å². The number of nitrogens with zero attached hydrogens (tertiary/aromatic N) is 2. The fourth-order valence-electron chi connectivity index (χ4n) is 2.06. The van der Waals surface area contributed by atoms with Crippen LogP contribution in [0, 0.1) is 0 Å². The van der Waals surface area contributed by atoms with E-state index in [-0.39, 0.29) is 24.2 Å². The number of ether oxygens (including phenoxy) is 1. The summed E-state index contributed by atoms with van der Waals surface area (Å²) in [6, 6.07) is 1.56. The van der Waals surface area contributed by atoms with Crippen molar-refractivity contribution in [1.82, 2.24) is 9.55 Å². The fraction of sp³-hybridized carbons (Fsp3) is 0.722. The number of halogens is 1. The number of hydrogen-bond donors (Lipinski definition) is 3. The van der Waals surface area contributed by atoms with Crippen LogP contribution in [0.5, 0.6) is 0 Å². The van der Waals surface area contributed by atoms with Crippen molar-refractivity contribution >= 4 is 23.4 Å². The first-order chi connectivity index (χ1) is 12.9. The average molecular weight is 408 g/mol. The lowest BCUT2D eigenvalue weighted by Crippen LogP contribution is -2.26. The molecule has 8 nitrogen and oxygen atoms in total. The highest BCUT2D eigenvalue weighted by atomic mass is 35.5. The van der Waals surface area contributed by atoms with Gasteiger partial charge in [0, 0.05) is 32.7 Å². The number of aliphatic hydroxyl groups excluding tert-OH is 1. The monoisotopic (exact) mass is 407 g/mol. The molecule has 1 rings (SSSR count). The molecule has 9 heteroatoms. The van der Waals surface area contributed by atoms with E-state index in [2.05, 4.69) is 23.5 Å². The zero-order valence-electron chi connectivity index (χ0n) is 16.6. The van der Waals surface area contributed by atoms with Crippen molar-refractivity contribution in [3.63, 3.8) is 0 Å². The van der Waals surface area contributed by atoms with E-state index in [1.54, 1.807) is 12.3 Å². The Labute approximate surface area is 166 Å². The summed E-state index contributed by atoms with van der Waals surface area (Å²) in [5.41, 5.74) is 4.96. The van der Waals surface area contributed by atoms with Gasteiger partial charge in [0.15, 0.2) is 0 Å². The minimum absolute atomic E-state index is 0.0619. The van der Waals surface area contributed by atoms with Gasteiger partial charge in [0.25, 0.3) is 0 Å². The molecule has 0 aliphatic heterocycles. The van der Waals surface area contributed by atoms with Crippen LogP contribution >= 0.6 is 11.6 Å². The molecule has 4 N–H and O–H groups in total. The van der Waals surface area contributed by atoms with Crippen molar-refractivity contribution in [2.75, 3.05) is 25.8 Å². The van der Waals surface area contributed by atoms with Gasteiger partial charge >= 0.3 is 11.7 Å². The number of carbonyl (C=O) groups is 1. The number of alkyl halides is 1. The summed E-state index contributed by atoms with van der Waals surface area (Å²) >= 11 is 4.64. The minimum atomic E-state index is -0.670. The van der Waals surface area contributed by atoms with E-state index in [0.29, 0.717) is 19.4 Å². The van der Waals surface area contributed by atoms with Crippen molar-refractivity contribution in [3.8, 4) is 0 Å². The molecule has 0 radical (unpaired) electrons. The Morgan fingerprint density at radius 1 is 1.33 bits per heavy atom. The highest BCUT2D eigenvalue weighted by molar-refractivity contribution is 6.15. The number of aromatic nitrogens is 2. The molecule has 1 atom stereocenters. The Kier molecular flexibility index (Phi) is 19.5. The number of carboxylic acids is 1. The van der Waals surface area contributed by atoms with Crippen molar-refractivity contribution in [3.05, 3.63) is 22.7 Å². The summed E-state index contributed by atoms with van der Waals surface area (Å²) in [4.78, 5) is 24.9. The number of aliphatic hydroxyl groups is 1. The average Bonchev–Trinajstić information content (AvgIpc) is 2.66. The highest BCUT2D eigenvalue weighted by Crippen LogP contribution is 2.04. The van der Waals surface area contributed by atoms with Crippen LogP contribution < -0.4 is 11.4 Å². The number of aryl methyl sites for hydroxylation is 1. The molecule has 1 aromatic rings. The number of nitrogen functional groups attached to an aromatic ring is 1. The molecule has 158 valence electrons. The molecule has 1 aromatic heterocycles. The lowest BCUT2D eigenvalue weighted by atomic mass is 10.1. The quantitative estimate of drug-likeness (QED) is 0.379. The molecule has 1 heterocycles. The van der Waals surface area contributed by atoms with Crippen LogP contribution in [0.15, 0.2) is 17.1 Å². The lowest BCUT2D eigenvalue weighted by Gasteiger charge is -2.12. The maximum Gasteiger partial charge on any atom is 0.349 e. The number of carboxylic acid groups (broad SMARTS) is 1. The molecule has 0 aliphatic carbocycles. The van der Waals surface area contributed by atoms with Gasteiger partial charge in [-0.15, -0.1) is 11.6 Å². The van der Waals surface area contributed by atoms with E-state index in [0.717, 1.165) is 12.8 Å². The molecule has 0 saturated heterocycles. The third-order valence-corrected chi connectivity index (χ3v) is 3.62. The number of unbranched alkanes of at least 4 members (excludes halogenated alkanes) is 4. The van der Waals surface area contributed by atoms with Crippen LogP contribution in [0.3, 0.4) is 0 Å². The van der Waals surface area contributed by atoms with E-state index < -0.39 is 5.97 Å². The molecule has 0 fully saturated rings. The summed E-state index contributed by atoms with van der Waals surface area (Å²) in [5, 5.41) is 17.1. The Balaban J connectivity index is 0. The van der Waals surface area contributed by atoms with Crippen LogP contribution in [0.1, 0.15) is 51.9 Å². The van der Waals surface area contributed by atoms with Gasteiger partial charge in [0.1, 0.15) is 5.82 Å². The SMILES string of the molecule is CCCCCCCC(=O)O.CCl.COC(CO)CCn1ccc(N)nc1=O. The summed E-state index contributed by atoms with van der Waals surface area (Å²) in [6.07, 6.45) is 9.23. The maximum atomic E-state index is 11.3. The molecular weight excluding hydrogens is 374 g/mol. The summed E-state index contributed by atoms with van der Waals surface area (Å²) in [6.45, 7) is 2.54. The first-order valence-electron chi connectivity index (χ1n) is 9.00. The van der Waals surface area contributed by atoms with Crippen LogP contribution in [0.25, 0.3) is 0 Å². The normalized spacial score (nSPS) is 10.9. The standard InChI is InChI=1S/C9H15N3O3.C8H16O2.CH3Cl/c1-15-7(6-13)2-4-12-5-3-8(10)11-9(12)14;1-2-3-4-5-6-7-8(9)10;1-2/h3,5,7,13H,2,4,6H2,1H3,(H2,10,11,14);2-7H2,1H3,(H,9,10);1H3. The van der Waals surface area contributed by atoms with Gasteiger partial charge in [-0.2, -0.15) is 4.98 Å². The second kappa shape index (κ2) is 19.1. The highest BCUT2D eigenvalue weighted by Gasteiger charge is 2.06. The fourth-order valence-corrected chi connectivity index (χ4v) is 2.06. The molecule has 0 aliphatic rings. The van der Waals surface area contributed by atoms with Gasteiger partial charge in [-0.25, -0.2) is 4.79 Å². The smallest absolute Gasteiger partial charge is 0.349 e. The third-order valence-electron chi connectivity index (χ3n) is 3.62. The molecule has 0 aromatic carbocycles. The molecule has 0 amide bonds. The summed E-state index contributed by atoms with van der Waals surface area (Å²) < 4.78 is 6.40. The van der Waals surface area contributed by atoms with Crippen LogP contribution in [0.2, 0.25) is 0 Å². The van der Waals surface area contributed by atoms with Crippen LogP contribution in [0.4, 0.5) is 5.82 Å². The van der Waals surface area contributed by atoms with Gasteiger partial charge in [-0.1, -0.05) is 32.6 Å². The van der Waals surface area contributed by atoms with Gasteiger partial charge < -0.3 is 20.7 Å². The van der Waals surface area contributed by atoms with Crippen molar-refractivity contribution in [2.24, 2.45) is 0 Å². The molecule has 1 unspecified atom stereocenters. The lowest BCUT2D eigenvalue weighted by molar-refractivity contribution is -0.137. The van der Waals surface area contributed by atoms with Crippen LogP contribution in [-0.2, 0) is 16.1 Å². The second-order valence-electron chi connectivity index (χ2n) is 5.72. The maximum absolute atomic E-state index is 11.3. The zero-order valence-corrected chi connectivity index (χ0v) is 17.3. The molecule has 0 saturated carbocycles. The van der Waals surface area contributed by atoms with Crippen molar-refractivity contribution < 1.29 is 19.7 Å². The number of rotatable bonds is 11. The van der Waals surface area contributed by atoms with Crippen molar-refractivity contribution in [2.45, 2.75) is 64.5 Å². The minimum Gasteiger partial charge on any atom is -0.481 e. The number of methoxy groups -OCH3 is 1. The van der Waals surface area contributed by atoms with Gasteiger partial charge in [-0.3, -0.25) is 9.36 Å². The predicted octanol–water partition coefficient (Wildman–Crippen LogP) is 2.51. The second-order valence-corrected chi connectivity index (χ2v) is 5.72. The largest absolute Gasteiger partial charge is 0.481 e. The molecule has 0 bridgehead atoms. The molecular formula is C18H34ClN3O5. The Morgan fingerprint density at radius 2 is 1.96 bits per heavy atom. The Bertz CT molecular complexity index is 536. The first-order valence-corrected chi connectivity index (χ1v) is 9.76. The number of nitrogens with two attached hydrogens (primary N) is 1. The van der Waals surface area contributed by atoms with E-state index >= 15 is 0 Å². The van der Waals surface area contributed by atoms with E-state index in [4.69, 9.17) is 20.7 Å². The molecule has 0 spiro atoms. The Hall–Kier alpha value is -1.64. The number of anilines is 1. The summed E-state index contributed by atoms with van der Waals surface area (Å²) in [5.74, 6) is -0.460. The third kappa shape index (κ3) is 16.3. The number of aliphatic carboxylic acids is 1. The summed E-state index contributed by atoms with van der Waals surface area (Å²) in [7, 11) is 1.52. The van der Waals surface area contributed by atoms with Gasteiger partial charge in [0.2, 0.25) is 0 Å². The first kappa shape index (κ1) is 27.6. The van der Waals surface area contributed by atoms with Gasteiger partial charge in [-0.05, 0) is 18.9 Å². The van der Waals surface area contributed by atoms with Gasteiger partial charge in [0.05, 0.1) is 12.7 Å². The van der Waals surface area contributed by atoms with E-state index in [9.17, 15) is 9.59 Å². The predicted molar refractivity (Wildman–Crippen MR) is 108 cm³/mol. The topological polar surface area (TPSA) is 128 Å². The zero-order chi connectivity index (χ0) is 21.1. The van der Waals surface area contributed by atoms with E-state index in [1.807, 2.05) is 0 Å². The Morgan fingerprint density at radius 3 is 2.44 bits per heavy atom. The molecule has 27 heavy (non-hydrogen) atoms. The van der Waals surface area contributed by atoms with Crippen LogP contribution in [-0.4, -0.2) is 51.9 Å². The van der Waals surface area contributed by atoms with Crippen molar-refractivity contribution in [1.29, 1.82) is 0 Å². The number of hydrogen-bond acceptors (Lipinski definition) is 6.